The van der Waals surface area contributed by atoms with Gasteiger partial charge in [0.2, 0.25) is 0 Å². The Morgan fingerprint density at radius 3 is 2.86 bits per heavy atom. The molecule has 2 aliphatic heterocycles. The summed E-state index contributed by atoms with van der Waals surface area (Å²) in [6.07, 6.45) is 1.46. The number of likely N-dealkylation sites (N-methyl/N-ethyl adjacent to an activating group) is 1. The number of nitrogens with zero attached hydrogens (tertiary/aromatic N) is 2. The molecule has 2 aliphatic rings. The van der Waals surface area contributed by atoms with Crippen LogP contribution in [-0.2, 0) is 15.0 Å². The molecule has 3 heterocycles. The van der Waals surface area contributed by atoms with Crippen molar-refractivity contribution in [1.82, 2.24) is 15.2 Å². The number of ether oxygens (including phenoxy) is 2. The Morgan fingerprint density at radius 2 is 2.29 bits per heavy atom. The second kappa shape index (κ2) is 5.90. The SMILES string of the molecule is Cc1csc(C2(NCC3CN(C)C(=O)O3)CCOCC2)n1. The van der Waals surface area contributed by atoms with Crippen LogP contribution in [0.1, 0.15) is 23.5 Å². The molecule has 21 heavy (non-hydrogen) atoms. The minimum atomic E-state index is -0.243. The number of hydrogen-bond donors (Lipinski definition) is 1. The van der Waals surface area contributed by atoms with Crippen LogP contribution in [0.25, 0.3) is 0 Å². The van der Waals surface area contributed by atoms with Crippen molar-refractivity contribution in [1.29, 1.82) is 0 Å². The molecule has 1 atom stereocenters. The molecule has 3 rings (SSSR count). The van der Waals surface area contributed by atoms with Crippen molar-refractivity contribution in [2.24, 2.45) is 0 Å². The zero-order valence-corrected chi connectivity index (χ0v) is 13.2. The van der Waals surface area contributed by atoms with E-state index in [1.54, 1.807) is 23.3 Å². The maximum atomic E-state index is 11.4. The van der Waals surface area contributed by atoms with Gasteiger partial charge >= 0.3 is 6.09 Å². The Kier molecular flexibility index (Phi) is 4.14. The van der Waals surface area contributed by atoms with Gasteiger partial charge in [-0.2, -0.15) is 0 Å². The third kappa shape index (κ3) is 3.04. The number of rotatable bonds is 4. The van der Waals surface area contributed by atoms with E-state index in [2.05, 4.69) is 15.7 Å². The highest BCUT2D eigenvalue weighted by Gasteiger charge is 2.38. The summed E-state index contributed by atoms with van der Waals surface area (Å²) < 4.78 is 10.8. The highest BCUT2D eigenvalue weighted by molar-refractivity contribution is 7.09. The Balaban J connectivity index is 1.70. The highest BCUT2D eigenvalue weighted by Crippen LogP contribution is 2.34. The number of aryl methyl sites for hydroxylation is 1. The first-order valence-corrected chi connectivity index (χ1v) is 8.14. The molecule has 2 saturated heterocycles. The molecule has 0 aliphatic carbocycles. The summed E-state index contributed by atoms with van der Waals surface area (Å²) in [4.78, 5) is 17.7. The summed E-state index contributed by atoms with van der Waals surface area (Å²) >= 11 is 1.69. The summed E-state index contributed by atoms with van der Waals surface area (Å²) in [5.74, 6) is 0. The molecule has 1 aromatic rings. The van der Waals surface area contributed by atoms with E-state index in [-0.39, 0.29) is 17.7 Å². The number of carbonyl (C=O) groups excluding carboxylic acids is 1. The third-order valence-corrected chi connectivity index (χ3v) is 5.26. The summed E-state index contributed by atoms with van der Waals surface area (Å²) in [5, 5.41) is 6.80. The molecule has 0 aromatic carbocycles. The van der Waals surface area contributed by atoms with E-state index in [0.717, 1.165) is 36.8 Å². The number of nitrogens with one attached hydrogen (secondary N) is 1. The zero-order valence-electron chi connectivity index (χ0n) is 12.4. The fraction of sp³-hybridized carbons (Fsp3) is 0.714. The maximum absolute atomic E-state index is 11.4. The molecule has 1 N–H and O–H groups in total. The van der Waals surface area contributed by atoms with Crippen molar-refractivity contribution in [3.63, 3.8) is 0 Å². The van der Waals surface area contributed by atoms with Crippen molar-refractivity contribution < 1.29 is 14.3 Å². The van der Waals surface area contributed by atoms with Crippen LogP contribution in [0.5, 0.6) is 0 Å². The van der Waals surface area contributed by atoms with E-state index in [0.29, 0.717) is 13.1 Å². The van der Waals surface area contributed by atoms with Gasteiger partial charge in [0.15, 0.2) is 0 Å². The van der Waals surface area contributed by atoms with Gasteiger partial charge in [0.05, 0.1) is 12.1 Å². The molecule has 2 fully saturated rings. The molecule has 1 unspecified atom stereocenters. The second-order valence-corrected chi connectivity index (χ2v) is 6.61. The predicted molar refractivity (Wildman–Crippen MR) is 79.5 cm³/mol. The van der Waals surface area contributed by atoms with E-state index in [4.69, 9.17) is 9.47 Å². The van der Waals surface area contributed by atoms with Gasteiger partial charge in [-0.1, -0.05) is 0 Å². The largest absolute Gasteiger partial charge is 0.443 e. The number of aromatic nitrogens is 1. The lowest BCUT2D eigenvalue weighted by molar-refractivity contribution is 0.0311. The molecule has 0 bridgehead atoms. The highest BCUT2D eigenvalue weighted by atomic mass is 32.1. The van der Waals surface area contributed by atoms with E-state index >= 15 is 0 Å². The quantitative estimate of drug-likeness (QED) is 0.913. The second-order valence-electron chi connectivity index (χ2n) is 5.76. The lowest BCUT2D eigenvalue weighted by Gasteiger charge is -2.37. The standard InChI is InChI=1S/C14H21N3O3S/c1-10-9-21-12(16-10)14(3-5-19-6-4-14)15-7-11-8-17(2)13(18)20-11/h9,11,15H,3-8H2,1-2H3. The molecule has 1 amide bonds. The fourth-order valence-electron chi connectivity index (χ4n) is 2.83. The van der Waals surface area contributed by atoms with Crippen LogP contribution in [-0.4, -0.2) is 55.4 Å². The topological polar surface area (TPSA) is 63.7 Å². The van der Waals surface area contributed by atoms with Crippen LogP contribution < -0.4 is 5.32 Å². The molecule has 7 heteroatoms. The van der Waals surface area contributed by atoms with Crippen LogP contribution in [0.2, 0.25) is 0 Å². The minimum Gasteiger partial charge on any atom is -0.443 e. The van der Waals surface area contributed by atoms with Crippen LogP contribution in [0.15, 0.2) is 5.38 Å². The number of carbonyl (C=O) groups is 1. The van der Waals surface area contributed by atoms with Gasteiger partial charge in [-0.3, -0.25) is 0 Å². The summed E-state index contributed by atoms with van der Waals surface area (Å²) in [6, 6.07) is 0. The number of hydrogen-bond acceptors (Lipinski definition) is 6. The average molecular weight is 311 g/mol. The molecule has 1 aromatic heterocycles. The summed E-state index contributed by atoms with van der Waals surface area (Å²) in [6.45, 7) is 4.76. The van der Waals surface area contributed by atoms with Crippen LogP contribution >= 0.6 is 11.3 Å². The van der Waals surface area contributed by atoms with Gasteiger partial charge < -0.3 is 19.7 Å². The van der Waals surface area contributed by atoms with Crippen molar-refractivity contribution in [3.05, 3.63) is 16.1 Å². The Labute approximate surface area is 128 Å². The van der Waals surface area contributed by atoms with Gasteiger partial charge in [-0.25, -0.2) is 9.78 Å². The van der Waals surface area contributed by atoms with Crippen LogP contribution in [0.3, 0.4) is 0 Å². The molecule has 6 nitrogen and oxygen atoms in total. The molecule has 0 radical (unpaired) electrons. The van der Waals surface area contributed by atoms with Crippen molar-refractivity contribution >= 4 is 17.4 Å². The molecule has 0 spiro atoms. The van der Waals surface area contributed by atoms with E-state index in [1.165, 1.54) is 0 Å². The fourth-order valence-corrected chi connectivity index (χ4v) is 3.86. The Hall–Kier alpha value is -1.18. The first-order valence-electron chi connectivity index (χ1n) is 7.26. The molecule has 116 valence electrons. The molecular weight excluding hydrogens is 290 g/mol. The lowest BCUT2D eigenvalue weighted by Crippen LogP contribution is -2.49. The Bertz CT molecular complexity index is 513. The van der Waals surface area contributed by atoms with E-state index in [1.807, 2.05) is 6.92 Å². The van der Waals surface area contributed by atoms with Gasteiger partial charge in [0, 0.05) is 37.9 Å². The number of thiazole rings is 1. The van der Waals surface area contributed by atoms with Crippen molar-refractivity contribution in [2.45, 2.75) is 31.4 Å². The normalized spacial score (nSPS) is 25.1. The van der Waals surface area contributed by atoms with E-state index in [9.17, 15) is 4.79 Å². The number of cyclic esters (lactones) is 1. The zero-order chi connectivity index (χ0) is 14.9. The molecule has 0 saturated carbocycles. The third-order valence-electron chi connectivity index (χ3n) is 4.10. The van der Waals surface area contributed by atoms with Gasteiger partial charge in [0.1, 0.15) is 11.1 Å². The first kappa shape index (κ1) is 14.7. The smallest absolute Gasteiger partial charge is 0.410 e. The Morgan fingerprint density at radius 1 is 1.52 bits per heavy atom. The molecular formula is C14H21N3O3S. The van der Waals surface area contributed by atoms with Gasteiger partial charge in [0.25, 0.3) is 0 Å². The van der Waals surface area contributed by atoms with Gasteiger partial charge in [-0.05, 0) is 19.8 Å². The number of amides is 1. The van der Waals surface area contributed by atoms with Crippen molar-refractivity contribution in [3.8, 4) is 0 Å². The predicted octanol–water partition coefficient (Wildman–Crippen LogP) is 1.50. The van der Waals surface area contributed by atoms with Crippen molar-refractivity contribution in [2.75, 3.05) is 33.4 Å². The maximum Gasteiger partial charge on any atom is 0.410 e. The first-order chi connectivity index (χ1) is 10.1. The summed E-state index contributed by atoms with van der Waals surface area (Å²) in [5.41, 5.74) is 0.903. The van der Waals surface area contributed by atoms with Crippen LogP contribution in [0, 0.1) is 6.92 Å². The van der Waals surface area contributed by atoms with Crippen LogP contribution in [0.4, 0.5) is 4.79 Å². The van der Waals surface area contributed by atoms with E-state index < -0.39 is 0 Å². The lowest BCUT2D eigenvalue weighted by atomic mass is 9.90. The van der Waals surface area contributed by atoms with Gasteiger partial charge in [-0.15, -0.1) is 11.3 Å². The average Bonchev–Trinajstić information content (AvgIpc) is 3.05. The monoisotopic (exact) mass is 311 g/mol. The summed E-state index contributed by atoms with van der Waals surface area (Å²) in [7, 11) is 1.76. The minimum absolute atomic E-state index is 0.0942.